The standard InChI is InChI=1S/C38H49NO8/c1-37(2,3)46-35(42)30(21-26-16-19-32(44-7)33(22-26)45-8)23-29(34(41)39-24-31(40)36(43)47-38(4,5)6)20-25-14-17-28(18-15-25)27-12-10-9-11-13-27/h9-19,22,29-31,40H,20-21,23-24H2,1-8H3,(H,39,41)/t29-,30-,31?/m1/s1. The van der Waals surface area contributed by atoms with Crippen LogP contribution in [0.4, 0.5) is 0 Å². The molecule has 9 heteroatoms. The highest BCUT2D eigenvalue weighted by molar-refractivity contribution is 5.82. The van der Waals surface area contributed by atoms with Crippen molar-refractivity contribution in [3.63, 3.8) is 0 Å². The molecule has 0 saturated carbocycles. The number of amides is 1. The molecule has 3 aromatic carbocycles. The summed E-state index contributed by atoms with van der Waals surface area (Å²) in [6.07, 6.45) is -0.795. The minimum Gasteiger partial charge on any atom is -0.493 e. The summed E-state index contributed by atoms with van der Waals surface area (Å²) < 4.78 is 21.9. The number of aliphatic hydroxyl groups is 1. The quantitative estimate of drug-likeness (QED) is 0.206. The minimum absolute atomic E-state index is 0.151. The van der Waals surface area contributed by atoms with Gasteiger partial charge in [0.05, 0.1) is 26.7 Å². The van der Waals surface area contributed by atoms with Gasteiger partial charge in [-0.15, -0.1) is 0 Å². The van der Waals surface area contributed by atoms with Crippen molar-refractivity contribution in [2.75, 3.05) is 20.8 Å². The van der Waals surface area contributed by atoms with E-state index < -0.39 is 47.0 Å². The van der Waals surface area contributed by atoms with Crippen LogP contribution < -0.4 is 14.8 Å². The van der Waals surface area contributed by atoms with Crippen molar-refractivity contribution in [2.45, 2.75) is 78.1 Å². The predicted octanol–water partition coefficient (Wildman–Crippen LogP) is 5.94. The van der Waals surface area contributed by atoms with Gasteiger partial charge in [-0.25, -0.2) is 4.79 Å². The van der Waals surface area contributed by atoms with Crippen LogP contribution in [0.15, 0.2) is 72.8 Å². The zero-order valence-electron chi connectivity index (χ0n) is 28.8. The molecular formula is C38H49NO8. The Morgan fingerprint density at radius 1 is 0.681 bits per heavy atom. The fourth-order valence-corrected chi connectivity index (χ4v) is 5.11. The summed E-state index contributed by atoms with van der Waals surface area (Å²) in [5.41, 5.74) is 2.29. The van der Waals surface area contributed by atoms with Crippen LogP contribution in [0.1, 0.15) is 59.1 Å². The maximum Gasteiger partial charge on any atom is 0.337 e. The third-order valence-electron chi connectivity index (χ3n) is 7.30. The van der Waals surface area contributed by atoms with Gasteiger partial charge in [0.1, 0.15) is 11.2 Å². The van der Waals surface area contributed by atoms with E-state index in [0.717, 1.165) is 22.3 Å². The molecule has 0 aliphatic rings. The van der Waals surface area contributed by atoms with Gasteiger partial charge in [-0.05, 0) is 95.2 Å². The zero-order valence-corrected chi connectivity index (χ0v) is 28.8. The summed E-state index contributed by atoms with van der Waals surface area (Å²) in [7, 11) is 3.10. The van der Waals surface area contributed by atoms with E-state index in [1.165, 1.54) is 0 Å². The molecule has 0 aliphatic heterocycles. The fraction of sp³-hybridized carbons (Fsp3) is 0.447. The molecule has 9 nitrogen and oxygen atoms in total. The molecule has 254 valence electrons. The van der Waals surface area contributed by atoms with Gasteiger partial charge >= 0.3 is 11.9 Å². The number of carbonyl (C=O) groups excluding carboxylic acids is 3. The third kappa shape index (κ3) is 12.1. The Morgan fingerprint density at radius 2 is 1.21 bits per heavy atom. The van der Waals surface area contributed by atoms with Crippen LogP contribution in [0.3, 0.4) is 0 Å². The van der Waals surface area contributed by atoms with Crippen LogP contribution in [-0.2, 0) is 36.7 Å². The first-order valence-electron chi connectivity index (χ1n) is 15.8. The molecule has 0 radical (unpaired) electrons. The van der Waals surface area contributed by atoms with Gasteiger partial charge in [-0.2, -0.15) is 0 Å². The van der Waals surface area contributed by atoms with E-state index in [1.807, 2.05) is 66.7 Å². The van der Waals surface area contributed by atoms with Gasteiger partial charge in [0, 0.05) is 5.92 Å². The van der Waals surface area contributed by atoms with Crippen LogP contribution in [0.2, 0.25) is 0 Å². The number of ether oxygens (including phenoxy) is 4. The number of rotatable bonds is 14. The average molecular weight is 648 g/mol. The number of hydrogen-bond acceptors (Lipinski definition) is 8. The lowest BCUT2D eigenvalue weighted by molar-refractivity contribution is -0.164. The van der Waals surface area contributed by atoms with E-state index in [1.54, 1.807) is 61.8 Å². The highest BCUT2D eigenvalue weighted by Crippen LogP contribution is 2.31. The maximum absolute atomic E-state index is 13.8. The van der Waals surface area contributed by atoms with Gasteiger partial charge in [0.25, 0.3) is 0 Å². The van der Waals surface area contributed by atoms with Gasteiger partial charge in [-0.1, -0.05) is 60.7 Å². The molecule has 2 N–H and O–H groups in total. The molecule has 0 saturated heterocycles. The van der Waals surface area contributed by atoms with E-state index in [4.69, 9.17) is 18.9 Å². The van der Waals surface area contributed by atoms with Gasteiger partial charge in [-0.3, -0.25) is 9.59 Å². The normalized spacial score (nSPS) is 13.6. The summed E-state index contributed by atoms with van der Waals surface area (Å²) in [6, 6.07) is 23.3. The molecule has 1 unspecified atom stereocenters. The van der Waals surface area contributed by atoms with Gasteiger partial charge < -0.3 is 29.4 Å². The smallest absolute Gasteiger partial charge is 0.337 e. The first-order valence-corrected chi connectivity index (χ1v) is 15.8. The molecule has 0 aromatic heterocycles. The minimum atomic E-state index is -1.54. The van der Waals surface area contributed by atoms with Crippen LogP contribution in [-0.4, -0.2) is 61.0 Å². The molecule has 0 heterocycles. The maximum atomic E-state index is 13.8. The molecule has 3 rings (SSSR count). The largest absolute Gasteiger partial charge is 0.493 e. The van der Waals surface area contributed by atoms with Crippen LogP contribution >= 0.6 is 0 Å². The molecule has 0 fully saturated rings. The molecule has 0 spiro atoms. The lowest BCUT2D eigenvalue weighted by Gasteiger charge is -2.27. The predicted molar refractivity (Wildman–Crippen MR) is 181 cm³/mol. The lowest BCUT2D eigenvalue weighted by Crippen LogP contribution is -2.43. The molecule has 3 atom stereocenters. The average Bonchev–Trinajstić information content (AvgIpc) is 3.01. The van der Waals surface area contributed by atoms with Crippen LogP contribution in [0.5, 0.6) is 11.5 Å². The van der Waals surface area contributed by atoms with Crippen molar-refractivity contribution in [3.8, 4) is 22.6 Å². The van der Waals surface area contributed by atoms with Crippen molar-refractivity contribution in [2.24, 2.45) is 11.8 Å². The second-order valence-corrected chi connectivity index (χ2v) is 13.6. The molecular weight excluding hydrogens is 598 g/mol. The third-order valence-corrected chi connectivity index (χ3v) is 7.30. The van der Waals surface area contributed by atoms with E-state index in [2.05, 4.69) is 5.32 Å². The Balaban J connectivity index is 1.91. The van der Waals surface area contributed by atoms with Crippen molar-refractivity contribution < 1.29 is 38.4 Å². The number of nitrogens with one attached hydrogen (secondary N) is 1. The summed E-state index contributed by atoms with van der Waals surface area (Å²) in [4.78, 5) is 39.8. The highest BCUT2D eigenvalue weighted by Gasteiger charge is 2.32. The molecule has 0 bridgehead atoms. The van der Waals surface area contributed by atoms with E-state index in [9.17, 15) is 19.5 Å². The number of methoxy groups -OCH3 is 2. The number of carbonyl (C=O) groups is 3. The number of hydrogen-bond donors (Lipinski definition) is 2. The van der Waals surface area contributed by atoms with Crippen molar-refractivity contribution >= 4 is 17.8 Å². The monoisotopic (exact) mass is 647 g/mol. The Kier molecular flexibility index (Phi) is 13.0. The first-order chi connectivity index (χ1) is 22.1. The lowest BCUT2D eigenvalue weighted by atomic mass is 9.85. The van der Waals surface area contributed by atoms with Crippen molar-refractivity contribution in [1.29, 1.82) is 0 Å². The van der Waals surface area contributed by atoms with Gasteiger partial charge in [0.2, 0.25) is 5.91 Å². The van der Waals surface area contributed by atoms with Crippen molar-refractivity contribution in [1.82, 2.24) is 5.32 Å². The van der Waals surface area contributed by atoms with E-state index >= 15 is 0 Å². The summed E-state index contributed by atoms with van der Waals surface area (Å²) in [6.45, 7) is 10.2. The number of aliphatic hydroxyl groups excluding tert-OH is 1. The van der Waals surface area contributed by atoms with Crippen molar-refractivity contribution in [3.05, 3.63) is 83.9 Å². The number of esters is 2. The first kappa shape index (κ1) is 37.1. The topological polar surface area (TPSA) is 120 Å². The Hall–Kier alpha value is -4.37. The summed E-state index contributed by atoms with van der Waals surface area (Å²) >= 11 is 0. The second kappa shape index (κ2) is 16.5. The fourth-order valence-electron chi connectivity index (χ4n) is 5.11. The molecule has 47 heavy (non-hydrogen) atoms. The summed E-state index contributed by atoms with van der Waals surface area (Å²) in [5.74, 6) is -1.96. The molecule has 3 aromatic rings. The Labute approximate surface area is 278 Å². The highest BCUT2D eigenvalue weighted by atomic mass is 16.6. The van der Waals surface area contributed by atoms with E-state index in [-0.39, 0.29) is 19.4 Å². The zero-order chi connectivity index (χ0) is 34.8. The van der Waals surface area contributed by atoms with Crippen LogP contribution in [0.25, 0.3) is 11.1 Å². The molecule has 1 amide bonds. The Morgan fingerprint density at radius 3 is 1.79 bits per heavy atom. The van der Waals surface area contributed by atoms with Gasteiger partial charge in [0.15, 0.2) is 17.6 Å². The van der Waals surface area contributed by atoms with Crippen LogP contribution in [0, 0.1) is 11.8 Å². The Bertz CT molecular complexity index is 1470. The molecule has 0 aliphatic carbocycles. The second-order valence-electron chi connectivity index (χ2n) is 13.6. The number of benzene rings is 3. The van der Waals surface area contributed by atoms with E-state index in [0.29, 0.717) is 17.9 Å². The SMILES string of the molecule is COc1ccc(C[C@H](C[C@@H](Cc2ccc(-c3ccccc3)cc2)C(=O)NCC(O)C(=O)OC(C)(C)C)C(=O)OC(C)(C)C)cc1OC. The summed E-state index contributed by atoms with van der Waals surface area (Å²) in [5, 5.41) is 13.2.